The molecule has 0 heterocycles. The Morgan fingerprint density at radius 3 is 2.26 bits per heavy atom. The van der Waals surface area contributed by atoms with E-state index in [1.807, 2.05) is 0 Å². The molecule has 0 aliphatic carbocycles. The quantitative estimate of drug-likeness (QED) is 0.822. The molecule has 0 spiro atoms. The lowest BCUT2D eigenvalue weighted by Gasteiger charge is -2.28. The van der Waals surface area contributed by atoms with Crippen molar-refractivity contribution in [2.24, 2.45) is 0 Å². The maximum absolute atomic E-state index is 12.9. The monoisotopic (exact) mass is 298 g/mol. The normalized spacial score (nSPS) is 14.9. The van der Waals surface area contributed by atoms with E-state index in [4.69, 9.17) is 11.6 Å². The summed E-state index contributed by atoms with van der Waals surface area (Å²) in [5, 5.41) is 18.7. The highest BCUT2D eigenvalue weighted by Crippen LogP contribution is 2.42. The van der Waals surface area contributed by atoms with Gasteiger partial charge in [0.05, 0.1) is 12.1 Å². The van der Waals surface area contributed by atoms with E-state index in [9.17, 15) is 28.2 Å². The summed E-state index contributed by atoms with van der Waals surface area (Å²) in [7, 11) is 0.716. The van der Waals surface area contributed by atoms with E-state index in [-0.39, 0.29) is 5.56 Å². The van der Waals surface area contributed by atoms with Gasteiger partial charge in [-0.1, -0.05) is 11.6 Å². The largest absolute Gasteiger partial charge is 0.506 e. The molecule has 0 aliphatic heterocycles. The Balaban J connectivity index is 3.56. The highest BCUT2D eigenvalue weighted by atomic mass is 35.5. The first-order valence-corrected chi connectivity index (χ1v) is 5.30. The zero-order valence-electron chi connectivity index (χ0n) is 9.88. The minimum absolute atomic E-state index is 0.0194. The van der Waals surface area contributed by atoms with E-state index in [2.05, 4.69) is 4.74 Å². The molecule has 1 unspecified atom stereocenters. The van der Waals surface area contributed by atoms with Gasteiger partial charge in [0.15, 0.2) is 0 Å². The number of aliphatic hydroxyl groups is 1. The van der Waals surface area contributed by atoms with Gasteiger partial charge in [0.2, 0.25) is 0 Å². The molecule has 1 aromatic carbocycles. The van der Waals surface area contributed by atoms with Crippen LogP contribution in [0.15, 0.2) is 12.1 Å². The fraction of sp³-hybridized carbons (Fsp3) is 0.364. The van der Waals surface area contributed by atoms with Crippen LogP contribution in [0.1, 0.15) is 11.1 Å². The molecule has 1 atom stereocenters. The number of methoxy groups -OCH3 is 1. The smallest absolute Gasteiger partial charge is 0.432 e. The molecule has 0 radical (unpaired) electrons. The topological polar surface area (TPSA) is 66.8 Å². The Kier molecular flexibility index (Phi) is 4.02. The van der Waals surface area contributed by atoms with Crippen molar-refractivity contribution in [2.75, 3.05) is 7.11 Å². The van der Waals surface area contributed by atoms with Gasteiger partial charge in [-0.3, -0.25) is 0 Å². The highest BCUT2D eigenvalue weighted by molar-refractivity contribution is 6.32. The second-order valence-corrected chi connectivity index (χ2v) is 4.23. The number of phenolic OH excluding ortho intramolecular Hbond substituents is 1. The van der Waals surface area contributed by atoms with E-state index >= 15 is 0 Å². The molecule has 0 aromatic heterocycles. The number of benzene rings is 1. The highest BCUT2D eigenvalue weighted by Gasteiger charge is 2.62. The lowest BCUT2D eigenvalue weighted by atomic mass is 9.91. The standard InChI is InChI=1S/C11H10ClF3O4/c1-5-3-6(4-7(12)8(5)16)10(18,9(17)19-2)11(13,14)15/h3-4,16,18H,1-2H3. The maximum Gasteiger partial charge on any atom is 0.432 e. The first-order chi connectivity index (χ1) is 8.55. The number of ether oxygens (including phenoxy) is 1. The fourth-order valence-corrected chi connectivity index (χ4v) is 1.76. The van der Waals surface area contributed by atoms with Crippen LogP contribution in [0.3, 0.4) is 0 Å². The summed E-state index contributed by atoms with van der Waals surface area (Å²) in [6.45, 7) is 1.28. The van der Waals surface area contributed by atoms with Crippen molar-refractivity contribution in [3.05, 3.63) is 28.3 Å². The first kappa shape index (κ1) is 15.6. The molecule has 0 aliphatic rings. The molecule has 1 aromatic rings. The van der Waals surface area contributed by atoms with Crippen molar-refractivity contribution < 1.29 is 32.9 Å². The minimum atomic E-state index is -5.30. The van der Waals surface area contributed by atoms with Crippen LogP contribution in [0.25, 0.3) is 0 Å². The summed E-state index contributed by atoms with van der Waals surface area (Å²) < 4.78 is 42.8. The number of aromatic hydroxyl groups is 1. The van der Waals surface area contributed by atoms with E-state index < -0.39 is 34.1 Å². The molecular formula is C11H10ClF3O4. The van der Waals surface area contributed by atoms with Gasteiger partial charge < -0.3 is 14.9 Å². The number of halogens is 4. The average molecular weight is 299 g/mol. The fourth-order valence-electron chi connectivity index (χ4n) is 1.49. The van der Waals surface area contributed by atoms with Crippen LogP contribution < -0.4 is 0 Å². The Labute approximate surface area is 111 Å². The summed E-state index contributed by atoms with van der Waals surface area (Å²) in [6, 6.07) is 1.47. The van der Waals surface area contributed by atoms with Gasteiger partial charge in [0, 0.05) is 5.56 Å². The predicted octanol–water partition coefficient (Wildman–Crippen LogP) is 2.28. The number of phenols is 1. The Morgan fingerprint density at radius 2 is 1.89 bits per heavy atom. The number of esters is 1. The number of carbonyl (C=O) groups is 1. The summed E-state index contributed by atoms with van der Waals surface area (Å²) in [4.78, 5) is 11.3. The van der Waals surface area contributed by atoms with Crippen molar-refractivity contribution in [3.8, 4) is 5.75 Å². The number of hydrogen-bond acceptors (Lipinski definition) is 4. The van der Waals surface area contributed by atoms with Gasteiger partial charge in [0.25, 0.3) is 5.60 Å². The molecule has 106 valence electrons. The molecule has 0 saturated carbocycles. The van der Waals surface area contributed by atoms with Crippen molar-refractivity contribution in [1.29, 1.82) is 0 Å². The van der Waals surface area contributed by atoms with Gasteiger partial charge in [-0.15, -0.1) is 0 Å². The van der Waals surface area contributed by atoms with E-state index in [1.54, 1.807) is 0 Å². The summed E-state index contributed by atoms with van der Waals surface area (Å²) in [5.74, 6) is -2.32. The van der Waals surface area contributed by atoms with Gasteiger partial charge >= 0.3 is 12.1 Å². The SMILES string of the molecule is COC(=O)C(O)(c1cc(C)c(O)c(Cl)c1)C(F)(F)F. The third kappa shape index (κ3) is 2.48. The zero-order valence-corrected chi connectivity index (χ0v) is 10.6. The van der Waals surface area contributed by atoms with E-state index in [0.29, 0.717) is 13.2 Å². The van der Waals surface area contributed by atoms with Gasteiger partial charge in [-0.25, -0.2) is 4.79 Å². The van der Waals surface area contributed by atoms with E-state index in [0.717, 1.165) is 6.07 Å². The molecule has 0 fully saturated rings. The van der Waals surface area contributed by atoms with Crippen LogP contribution in [-0.2, 0) is 15.1 Å². The van der Waals surface area contributed by atoms with E-state index in [1.165, 1.54) is 6.92 Å². The predicted molar refractivity (Wildman–Crippen MR) is 59.8 cm³/mol. The van der Waals surface area contributed by atoms with Crippen LogP contribution in [0.5, 0.6) is 5.75 Å². The number of rotatable bonds is 2. The third-order valence-corrected chi connectivity index (χ3v) is 2.85. The second-order valence-electron chi connectivity index (χ2n) is 3.82. The number of carbonyl (C=O) groups excluding carboxylic acids is 1. The van der Waals surface area contributed by atoms with Crippen molar-refractivity contribution in [3.63, 3.8) is 0 Å². The molecule has 8 heteroatoms. The molecule has 19 heavy (non-hydrogen) atoms. The van der Waals surface area contributed by atoms with Gasteiger partial charge in [-0.05, 0) is 24.6 Å². The van der Waals surface area contributed by atoms with Crippen LogP contribution in [0.2, 0.25) is 5.02 Å². The molecule has 0 amide bonds. The minimum Gasteiger partial charge on any atom is -0.506 e. The van der Waals surface area contributed by atoms with Crippen LogP contribution in [0.4, 0.5) is 13.2 Å². The lowest BCUT2D eigenvalue weighted by Crippen LogP contribution is -2.49. The van der Waals surface area contributed by atoms with Crippen LogP contribution in [-0.4, -0.2) is 29.5 Å². The van der Waals surface area contributed by atoms with Gasteiger partial charge in [-0.2, -0.15) is 13.2 Å². The van der Waals surface area contributed by atoms with Crippen molar-refractivity contribution >= 4 is 17.6 Å². The van der Waals surface area contributed by atoms with Crippen molar-refractivity contribution in [1.82, 2.24) is 0 Å². The Morgan fingerprint density at radius 1 is 1.37 bits per heavy atom. The number of hydrogen-bond donors (Lipinski definition) is 2. The van der Waals surface area contributed by atoms with Crippen molar-refractivity contribution in [2.45, 2.75) is 18.7 Å². The first-order valence-electron chi connectivity index (χ1n) is 4.92. The number of alkyl halides is 3. The summed E-state index contributed by atoms with van der Waals surface area (Å²) in [5.41, 5.74) is -4.69. The molecular weight excluding hydrogens is 289 g/mol. The van der Waals surface area contributed by atoms with Crippen LogP contribution in [0, 0.1) is 6.92 Å². The molecule has 0 saturated heterocycles. The number of aryl methyl sites for hydroxylation is 1. The second kappa shape index (κ2) is 4.90. The summed E-state index contributed by atoms with van der Waals surface area (Å²) in [6.07, 6.45) is -5.30. The molecule has 1 rings (SSSR count). The average Bonchev–Trinajstić information content (AvgIpc) is 2.31. The molecule has 0 bridgehead atoms. The summed E-state index contributed by atoms with van der Waals surface area (Å²) >= 11 is 5.54. The van der Waals surface area contributed by atoms with Crippen LogP contribution >= 0.6 is 11.6 Å². The molecule has 4 nitrogen and oxygen atoms in total. The maximum atomic E-state index is 12.9. The Bertz CT molecular complexity index is 492. The Hall–Kier alpha value is -1.47. The third-order valence-electron chi connectivity index (χ3n) is 2.56. The zero-order chi connectivity index (χ0) is 15.0. The van der Waals surface area contributed by atoms with Gasteiger partial charge in [0.1, 0.15) is 5.75 Å². The molecule has 2 N–H and O–H groups in total. The lowest BCUT2D eigenvalue weighted by molar-refractivity contribution is -0.266.